The number of benzene rings is 2. The Bertz CT molecular complexity index is 962. The van der Waals surface area contributed by atoms with Crippen molar-refractivity contribution in [1.82, 2.24) is 0 Å². The summed E-state index contributed by atoms with van der Waals surface area (Å²) in [5, 5.41) is 5.56. The summed E-state index contributed by atoms with van der Waals surface area (Å²) >= 11 is 1.51. The zero-order chi connectivity index (χ0) is 19.7. The van der Waals surface area contributed by atoms with E-state index in [1.54, 1.807) is 30.0 Å². The van der Waals surface area contributed by atoms with E-state index < -0.39 is 6.10 Å². The third-order valence-electron chi connectivity index (χ3n) is 4.56. The standard InChI is InChI=1S/C20H19N3O4S/c1-12-20(26)22-14-10-13(6-7-16(14)27-12)21-18(24)8-9-23-15-4-2-3-5-17(15)28-11-19(23)25/h2-7,10,12H,8-9,11H2,1H3,(H,21,24)(H,22,26)/t12-/m0/s1. The Morgan fingerprint density at radius 2 is 2.11 bits per heavy atom. The van der Waals surface area contributed by atoms with Gasteiger partial charge in [0.25, 0.3) is 5.91 Å². The number of rotatable bonds is 4. The van der Waals surface area contributed by atoms with Gasteiger partial charge in [-0.15, -0.1) is 11.8 Å². The van der Waals surface area contributed by atoms with Gasteiger partial charge in [0.05, 0.1) is 17.1 Å². The van der Waals surface area contributed by atoms with Crippen molar-refractivity contribution >= 4 is 46.5 Å². The van der Waals surface area contributed by atoms with Crippen LogP contribution in [0.2, 0.25) is 0 Å². The zero-order valence-electron chi connectivity index (χ0n) is 15.2. The van der Waals surface area contributed by atoms with Crippen LogP contribution >= 0.6 is 11.8 Å². The molecule has 3 amide bonds. The molecule has 2 aliphatic heterocycles. The first-order valence-electron chi connectivity index (χ1n) is 8.95. The number of ether oxygens (including phenoxy) is 1. The summed E-state index contributed by atoms with van der Waals surface area (Å²) in [5.74, 6) is 0.509. The van der Waals surface area contributed by atoms with Gasteiger partial charge in [0.1, 0.15) is 5.75 Å². The number of nitrogens with one attached hydrogen (secondary N) is 2. The van der Waals surface area contributed by atoms with Gasteiger partial charge in [-0.1, -0.05) is 12.1 Å². The van der Waals surface area contributed by atoms with Crippen LogP contribution < -0.4 is 20.3 Å². The number of nitrogens with zero attached hydrogens (tertiary/aromatic N) is 1. The number of hydrogen-bond acceptors (Lipinski definition) is 5. The summed E-state index contributed by atoms with van der Waals surface area (Å²) in [5.41, 5.74) is 1.93. The van der Waals surface area contributed by atoms with Crippen molar-refractivity contribution in [3.8, 4) is 5.75 Å². The zero-order valence-corrected chi connectivity index (χ0v) is 16.0. The minimum atomic E-state index is -0.545. The van der Waals surface area contributed by atoms with Crippen LogP contribution in [0.25, 0.3) is 0 Å². The maximum atomic E-state index is 12.4. The molecular weight excluding hydrogens is 378 g/mol. The molecule has 1 atom stereocenters. The third kappa shape index (κ3) is 3.68. The molecule has 0 saturated heterocycles. The van der Waals surface area contributed by atoms with Crippen molar-refractivity contribution in [3.63, 3.8) is 0 Å². The Balaban J connectivity index is 1.40. The summed E-state index contributed by atoms with van der Waals surface area (Å²) in [7, 11) is 0. The molecule has 0 unspecified atom stereocenters. The second kappa shape index (κ2) is 7.55. The van der Waals surface area contributed by atoms with Gasteiger partial charge in [-0.25, -0.2) is 0 Å². The third-order valence-corrected chi connectivity index (χ3v) is 5.61. The molecule has 2 heterocycles. The van der Waals surface area contributed by atoms with E-state index >= 15 is 0 Å². The van der Waals surface area contributed by atoms with E-state index in [2.05, 4.69) is 10.6 Å². The molecular formula is C20H19N3O4S. The average molecular weight is 397 g/mol. The summed E-state index contributed by atoms with van der Waals surface area (Å²) in [6.45, 7) is 1.98. The van der Waals surface area contributed by atoms with E-state index in [1.807, 2.05) is 24.3 Å². The van der Waals surface area contributed by atoms with Crippen LogP contribution in [0.3, 0.4) is 0 Å². The molecule has 0 bridgehead atoms. The van der Waals surface area contributed by atoms with E-state index in [0.29, 0.717) is 29.4 Å². The quantitative estimate of drug-likeness (QED) is 0.828. The van der Waals surface area contributed by atoms with Crippen molar-refractivity contribution in [2.24, 2.45) is 0 Å². The summed E-state index contributed by atoms with van der Waals surface area (Å²) < 4.78 is 5.51. The normalized spacial score (nSPS) is 17.9. The van der Waals surface area contributed by atoms with Gasteiger partial charge in [-0.2, -0.15) is 0 Å². The summed E-state index contributed by atoms with van der Waals surface area (Å²) in [4.78, 5) is 39.1. The molecule has 7 nitrogen and oxygen atoms in total. The second-order valence-electron chi connectivity index (χ2n) is 6.56. The molecule has 144 valence electrons. The first-order valence-corrected chi connectivity index (χ1v) is 9.93. The summed E-state index contributed by atoms with van der Waals surface area (Å²) in [6.07, 6.45) is -0.377. The lowest BCUT2D eigenvalue weighted by molar-refractivity contribution is -0.122. The number of para-hydroxylation sites is 1. The van der Waals surface area contributed by atoms with E-state index in [4.69, 9.17) is 4.74 Å². The maximum Gasteiger partial charge on any atom is 0.265 e. The van der Waals surface area contributed by atoms with Crippen LogP contribution in [-0.4, -0.2) is 36.1 Å². The summed E-state index contributed by atoms with van der Waals surface area (Å²) in [6, 6.07) is 12.8. The number of amides is 3. The van der Waals surface area contributed by atoms with Gasteiger partial charge >= 0.3 is 0 Å². The van der Waals surface area contributed by atoms with Crippen LogP contribution in [0.4, 0.5) is 17.1 Å². The molecule has 0 fully saturated rings. The molecule has 2 N–H and O–H groups in total. The van der Waals surface area contributed by atoms with E-state index in [9.17, 15) is 14.4 Å². The molecule has 0 radical (unpaired) electrons. The smallest absolute Gasteiger partial charge is 0.265 e. The lowest BCUT2D eigenvalue weighted by Gasteiger charge is -2.28. The highest BCUT2D eigenvalue weighted by atomic mass is 32.2. The van der Waals surface area contributed by atoms with Crippen molar-refractivity contribution < 1.29 is 19.1 Å². The van der Waals surface area contributed by atoms with Crippen LogP contribution in [-0.2, 0) is 14.4 Å². The van der Waals surface area contributed by atoms with Gasteiger partial charge in [0.2, 0.25) is 11.8 Å². The van der Waals surface area contributed by atoms with Gasteiger partial charge < -0.3 is 20.3 Å². The molecule has 28 heavy (non-hydrogen) atoms. The highest BCUT2D eigenvalue weighted by Crippen LogP contribution is 2.35. The second-order valence-corrected chi connectivity index (χ2v) is 7.58. The fraction of sp³-hybridized carbons (Fsp3) is 0.250. The topological polar surface area (TPSA) is 87.7 Å². The maximum absolute atomic E-state index is 12.4. The SMILES string of the molecule is C[C@@H]1Oc2ccc(NC(=O)CCN3C(=O)CSc4ccccc43)cc2NC1=O. The van der Waals surface area contributed by atoms with Gasteiger partial charge in [-0.05, 0) is 37.3 Å². The molecule has 8 heteroatoms. The molecule has 0 aromatic heterocycles. The average Bonchev–Trinajstić information content (AvgIpc) is 2.68. The van der Waals surface area contributed by atoms with Crippen molar-refractivity contribution in [2.45, 2.75) is 24.3 Å². The molecule has 2 aromatic rings. The lowest BCUT2D eigenvalue weighted by atomic mass is 10.2. The number of carbonyl (C=O) groups is 3. The fourth-order valence-electron chi connectivity index (χ4n) is 3.12. The Hall–Kier alpha value is -3.00. The van der Waals surface area contributed by atoms with Crippen LogP contribution in [0.1, 0.15) is 13.3 Å². The van der Waals surface area contributed by atoms with Gasteiger partial charge in [0, 0.05) is 23.5 Å². The Morgan fingerprint density at radius 1 is 1.29 bits per heavy atom. The van der Waals surface area contributed by atoms with E-state index in [1.165, 1.54) is 11.8 Å². The molecule has 2 aromatic carbocycles. The lowest BCUT2D eigenvalue weighted by Crippen LogP contribution is -2.37. The van der Waals surface area contributed by atoms with Gasteiger partial charge in [-0.3, -0.25) is 14.4 Å². The van der Waals surface area contributed by atoms with Crippen molar-refractivity contribution in [3.05, 3.63) is 42.5 Å². The van der Waals surface area contributed by atoms with Crippen LogP contribution in [0, 0.1) is 0 Å². The van der Waals surface area contributed by atoms with Crippen LogP contribution in [0.15, 0.2) is 47.4 Å². The highest BCUT2D eigenvalue weighted by Gasteiger charge is 2.25. The monoisotopic (exact) mass is 397 g/mol. The van der Waals surface area contributed by atoms with E-state index in [0.717, 1.165) is 10.6 Å². The number of anilines is 3. The fourth-order valence-corrected chi connectivity index (χ4v) is 4.06. The number of hydrogen-bond donors (Lipinski definition) is 2. The first kappa shape index (κ1) is 18.4. The number of fused-ring (bicyclic) bond motifs is 2. The predicted octanol–water partition coefficient (Wildman–Crippen LogP) is 2.87. The Labute approximate surface area is 166 Å². The molecule has 0 aliphatic carbocycles. The minimum Gasteiger partial charge on any atom is -0.479 e. The molecule has 0 spiro atoms. The number of thioether (sulfide) groups is 1. The minimum absolute atomic E-state index is 0.000684. The van der Waals surface area contributed by atoms with Gasteiger partial charge in [0.15, 0.2) is 6.10 Å². The first-order chi connectivity index (χ1) is 13.5. The molecule has 0 saturated carbocycles. The van der Waals surface area contributed by atoms with Crippen LogP contribution in [0.5, 0.6) is 5.75 Å². The van der Waals surface area contributed by atoms with Crippen molar-refractivity contribution in [2.75, 3.05) is 27.8 Å². The largest absolute Gasteiger partial charge is 0.479 e. The Morgan fingerprint density at radius 3 is 2.96 bits per heavy atom. The molecule has 4 rings (SSSR count). The number of carbonyl (C=O) groups excluding carboxylic acids is 3. The molecule has 2 aliphatic rings. The van der Waals surface area contributed by atoms with Crippen molar-refractivity contribution in [1.29, 1.82) is 0 Å². The predicted molar refractivity (Wildman–Crippen MR) is 108 cm³/mol. The van der Waals surface area contributed by atoms with E-state index in [-0.39, 0.29) is 24.1 Å². The Kier molecular flexibility index (Phi) is 4.95. The highest BCUT2D eigenvalue weighted by molar-refractivity contribution is 8.00.